The molecule has 0 aliphatic heterocycles. The quantitative estimate of drug-likeness (QED) is 0.789. The molecule has 8 heteroatoms. The maximum Gasteiger partial charge on any atom is 0.199 e. The van der Waals surface area contributed by atoms with E-state index in [1.165, 1.54) is 0 Å². The third kappa shape index (κ3) is 2.23. The van der Waals surface area contributed by atoms with Crippen LogP contribution in [0.1, 0.15) is 5.56 Å². The van der Waals surface area contributed by atoms with Crippen LogP contribution < -0.4 is 10.1 Å². The van der Waals surface area contributed by atoms with Gasteiger partial charge in [0.15, 0.2) is 11.5 Å². The molecule has 2 aromatic heterocycles. The molecule has 0 fully saturated rings. The highest BCUT2D eigenvalue weighted by Gasteiger charge is 2.09. The zero-order chi connectivity index (χ0) is 13.9. The fourth-order valence-electron chi connectivity index (χ4n) is 1.88. The summed E-state index contributed by atoms with van der Waals surface area (Å²) < 4.78 is 6.87. The molecule has 1 N–H and O–H groups in total. The van der Waals surface area contributed by atoms with Gasteiger partial charge in [-0.15, -0.1) is 5.10 Å². The fraction of sp³-hybridized carbons (Fsp3) is 0.167. The third-order valence-corrected chi connectivity index (χ3v) is 3.20. The second-order valence-corrected chi connectivity index (χ2v) is 4.42. The van der Waals surface area contributed by atoms with Crippen LogP contribution in [0.2, 0.25) is 5.02 Å². The molecule has 0 saturated carbocycles. The van der Waals surface area contributed by atoms with Gasteiger partial charge in [-0.1, -0.05) is 17.7 Å². The normalized spacial score (nSPS) is 10.7. The van der Waals surface area contributed by atoms with Gasteiger partial charge in [0, 0.05) is 17.1 Å². The summed E-state index contributed by atoms with van der Waals surface area (Å²) in [7, 11) is 1.61. The smallest absolute Gasteiger partial charge is 0.199 e. The Hall–Kier alpha value is -2.41. The van der Waals surface area contributed by atoms with Gasteiger partial charge in [0.2, 0.25) is 0 Å². The van der Waals surface area contributed by atoms with Gasteiger partial charge in [0.05, 0.1) is 19.5 Å². The van der Waals surface area contributed by atoms with Gasteiger partial charge in [-0.3, -0.25) is 4.98 Å². The molecule has 0 aliphatic rings. The van der Waals surface area contributed by atoms with E-state index < -0.39 is 0 Å². The number of tetrazole rings is 1. The molecule has 0 amide bonds. The molecule has 0 aliphatic carbocycles. The van der Waals surface area contributed by atoms with Crippen molar-refractivity contribution in [1.82, 2.24) is 25.0 Å². The van der Waals surface area contributed by atoms with E-state index in [9.17, 15) is 0 Å². The van der Waals surface area contributed by atoms with Crippen molar-refractivity contribution in [1.29, 1.82) is 0 Å². The molecule has 0 atom stereocenters. The Morgan fingerprint density at radius 3 is 3.10 bits per heavy atom. The lowest BCUT2D eigenvalue weighted by Crippen LogP contribution is -2.07. The molecule has 0 spiro atoms. The monoisotopic (exact) mass is 290 g/mol. The summed E-state index contributed by atoms with van der Waals surface area (Å²) in [5, 5.41) is 15.2. The van der Waals surface area contributed by atoms with E-state index in [4.69, 9.17) is 16.3 Å². The van der Waals surface area contributed by atoms with Gasteiger partial charge in [-0.2, -0.15) is 4.52 Å². The highest BCUT2D eigenvalue weighted by Crippen LogP contribution is 2.26. The first kappa shape index (κ1) is 12.6. The second-order valence-electron chi connectivity index (χ2n) is 4.02. The summed E-state index contributed by atoms with van der Waals surface area (Å²) in [4.78, 5) is 4.07. The first-order valence-corrected chi connectivity index (χ1v) is 6.25. The van der Waals surface area contributed by atoms with Crippen molar-refractivity contribution in [3.63, 3.8) is 0 Å². The van der Waals surface area contributed by atoms with Gasteiger partial charge >= 0.3 is 0 Å². The van der Waals surface area contributed by atoms with Crippen molar-refractivity contribution < 1.29 is 4.74 Å². The average Bonchev–Trinajstić information content (AvgIpc) is 2.94. The van der Waals surface area contributed by atoms with E-state index in [-0.39, 0.29) is 0 Å². The minimum absolute atomic E-state index is 0.476. The van der Waals surface area contributed by atoms with Gasteiger partial charge < -0.3 is 10.1 Å². The average molecular weight is 291 g/mol. The molecule has 2 heterocycles. The van der Waals surface area contributed by atoms with Crippen LogP contribution in [-0.4, -0.2) is 32.1 Å². The lowest BCUT2D eigenvalue weighted by Gasteiger charge is -2.12. The predicted octanol–water partition coefficient (Wildman–Crippen LogP) is 1.79. The molecule has 0 saturated heterocycles. The number of hydrogen-bond donors (Lipinski definition) is 1. The van der Waals surface area contributed by atoms with Crippen LogP contribution in [-0.2, 0) is 6.54 Å². The van der Waals surface area contributed by atoms with Crippen molar-refractivity contribution in [3.05, 3.63) is 41.2 Å². The number of benzene rings is 1. The molecule has 102 valence electrons. The Kier molecular flexibility index (Phi) is 3.34. The topological polar surface area (TPSA) is 77.2 Å². The zero-order valence-electron chi connectivity index (χ0n) is 10.6. The van der Waals surface area contributed by atoms with E-state index in [0.29, 0.717) is 23.0 Å². The largest absolute Gasteiger partial charge is 0.496 e. The fourth-order valence-corrected chi connectivity index (χ4v) is 2.11. The summed E-state index contributed by atoms with van der Waals surface area (Å²) >= 11 is 6.19. The van der Waals surface area contributed by atoms with Crippen LogP contribution in [0.15, 0.2) is 30.6 Å². The summed E-state index contributed by atoms with van der Waals surface area (Å²) in [5.41, 5.74) is 1.43. The summed E-state index contributed by atoms with van der Waals surface area (Å²) in [6, 6.07) is 5.52. The SMILES string of the molecule is COc1cccc(Cl)c1CNc1cncc2nnnn12. The number of nitrogens with zero attached hydrogens (tertiary/aromatic N) is 5. The van der Waals surface area contributed by atoms with Crippen molar-refractivity contribution in [3.8, 4) is 5.75 Å². The van der Waals surface area contributed by atoms with E-state index >= 15 is 0 Å². The number of aromatic nitrogens is 5. The van der Waals surface area contributed by atoms with E-state index in [1.807, 2.05) is 18.2 Å². The molecule has 3 rings (SSSR count). The van der Waals surface area contributed by atoms with Crippen LogP contribution in [0, 0.1) is 0 Å². The van der Waals surface area contributed by atoms with Gasteiger partial charge in [0.1, 0.15) is 5.75 Å². The van der Waals surface area contributed by atoms with Crippen molar-refractivity contribution in [2.75, 3.05) is 12.4 Å². The van der Waals surface area contributed by atoms with E-state index in [1.54, 1.807) is 24.0 Å². The van der Waals surface area contributed by atoms with Crippen molar-refractivity contribution in [2.24, 2.45) is 0 Å². The maximum absolute atomic E-state index is 6.19. The summed E-state index contributed by atoms with van der Waals surface area (Å²) in [6.07, 6.45) is 3.23. The van der Waals surface area contributed by atoms with Crippen molar-refractivity contribution in [2.45, 2.75) is 6.54 Å². The number of hydrogen-bond acceptors (Lipinski definition) is 6. The van der Waals surface area contributed by atoms with Crippen LogP contribution in [0.4, 0.5) is 5.82 Å². The Bertz CT molecular complexity index is 744. The molecule has 7 nitrogen and oxygen atoms in total. The molecule has 1 aromatic carbocycles. The lowest BCUT2D eigenvalue weighted by atomic mass is 10.2. The van der Waals surface area contributed by atoms with Crippen LogP contribution in [0.25, 0.3) is 5.65 Å². The number of methoxy groups -OCH3 is 1. The number of fused-ring (bicyclic) bond motifs is 1. The zero-order valence-corrected chi connectivity index (χ0v) is 11.4. The van der Waals surface area contributed by atoms with Crippen LogP contribution in [0.5, 0.6) is 5.75 Å². The van der Waals surface area contributed by atoms with Crippen molar-refractivity contribution >= 4 is 23.1 Å². The minimum Gasteiger partial charge on any atom is -0.496 e. The highest BCUT2D eigenvalue weighted by molar-refractivity contribution is 6.31. The Morgan fingerprint density at radius 2 is 2.25 bits per heavy atom. The highest BCUT2D eigenvalue weighted by atomic mass is 35.5. The maximum atomic E-state index is 6.19. The molecule has 20 heavy (non-hydrogen) atoms. The predicted molar refractivity (Wildman–Crippen MR) is 73.9 cm³/mol. The molecule has 3 aromatic rings. The van der Waals surface area contributed by atoms with E-state index in [0.717, 1.165) is 11.3 Å². The number of halogens is 1. The standard InChI is InChI=1S/C12H11ClN6O/c1-20-10-4-2-3-9(13)8(10)5-15-11-6-14-7-12-16-17-18-19(11)12/h2-4,6-7,15H,5H2,1H3. The second kappa shape index (κ2) is 5.30. The van der Waals surface area contributed by atoms with Gasteiger partial charge in [-0.25, -0.2) is 0 Å². The molecule has 0 unspecified atom stereocenters. The molecule has 0 bridgehead atoms. The number of anilines is 1. The number of nitrogens with one attached hydrogen (secondary N) is 1. The lowest BCUT2D eigenvalue weighted by molar-refractivity contribution is 0.410. The minimum atomic E-state index is 0.476. The molecular formula is C12H11ClN6O. The summed E-state index contributed by atoms with van der Waals surface area (Å²) in [6.45, 7) is 0.476. The summed E-state index contributed by atoms with van der Waals surface area (Å²) in [5.74, 6) is 1.40. The van der Waals surface area contributed by atoms with Crippen LogP contribution >= 0.6 is 11.6 Å². The van der Waals surface area contributed by atoms with Gasteiger partial charge in [-0.05, 0) is 22.6 Å². The number of ether oxygens (including phenoxy) is 1. The Morgan fingerprint density at radius 1 is 1.35 bits per heavy atom. The Labute approximate surface area is 119 Å². The first-order valence-electron chi connectivity index (χ1n) is 5.87. The number of rotatable bonds is 4. The first-order chi connectivity index (χ1) is 9.79. The molecule has 0 radical (unpaired) electrons. The Balaban J connectivity index is 1.88. The van der Waals surface area contributed by atoms with E-state index in [2.05, 4.69) is 25.8 Å². The van der Waals surface area contributed by atoms with Gasteiger partial charge in [0.25, 0.3) is 0 Å². The molecular weight excluding hydrogens is 280 g/mol. The van der Waals surface area contributed by atoms with Crippen LogP contribution in [0.3, 0.4) is 0 Å². The third-order valence-electron chi connectivity index (χ3n) is 2.85.